The lowest BCUT2D eigenvalue weighted by atomic mass is 10.0. The third kappa shape index (κ3) is 3.52. The van der Waals surface area contributed by atoms with E-state index in [0.717, 1.165) is 11.4 Å². The molecule has 0 saturated heterocycles. The lowest BCUT2D eigenvalue weighted by molar-refractivity contribution is 0.0974. The summed E-state index contributed by atoms with van der Waals surface area (Å²) in [4.78, 5) is 15.1. The van der Waals surface area contributed by atoms with Crippen LogP contribution in [-0.2, 0) is 0 Å². The minimum absolute atomic E-state index is 0.0139. The molecule has 0 fully saturated rings. The molecular weight excluding hydrogens is 380 g/mol. The smallest absolute Gasteiger partial charge is 0.262 e. The van der Waals surface area contributed by atoms with Gasteiger partial charge in [0.2, 0.25) is 0 Å². The lowest BCUT2D eigenvalue weighted by Crippen LogP contribution is -2.43. The van der Waals surface area contributed by atoms with Crippen LogP contribution in [0.2, 0.25) is 0 Å². The number of nitrogens with one attached hydrogen (secondary N) is 1. The molecule has 0 aromatic heterocycles. The zero-order valence-electron chi connectivity index (χ0n) is 17.0. The van der Waals surface area contributed by atoms with E-state index in [0.29, 0.717) is 35.8 Å². The molecule has 0 spiro atoms. The van der Waals surface area contributed by atoms with Crippen molar-refractivity contribution < 1.29 is 19.4 Å². The van der Waals surface area contributed by atoms with Gasteiger partial charge in [0.15, 0.2) is 11.5 Å². The highest BCUT2D eigenvalue weighted by molar-refractivity contribution is 6.12. The van der Waals surface area contributed by atoms with Gasteiger partial charge in [-0.1, -0.05) is 24.3 Å². The van der Waals surface area contributed by atoms with Gasteiger partial charge in [0.25, 0.3) is 5.91 Å². The van der Waals surface area contributed by atoms with E-state index >= 15 is 0 Å². The Morgan fingerprint density at radius 3 is 2.40 bits per heavy atom. The molecule has 0 bridgehead atoms. The number of carbonyl (C=O) groups is 1. The Bertz CT molecular complexity index is 1050. The van der Waals surface area contributed by atoms with E-state index in [1.165, 1.54) is 0 Å². The molecule has 154 valence electrons. The van der Waals surface area contributed by atoms with E-state index < -0.39 is 6.17 Å². The van der Waals surface area contributed by atoms with Gasteiger partial charge >= 0.3 is 0 Å². The Morgan fingerprint density at radius 1 is 0.933 bits per heavy atom. The van der Waals surface area contributed by atoms with E-state index in [9.17, 15) is 9.90 Å². The van der Waals surface area contributed by atoms with Crippen molar-refractivity contribution in [3.05, 3.63) is 77.9 Å². The van der Waals surface area contributed by atoms with Crippen molar-refractivity contribution in [2.45, 2.75) is 20.0 Å². The van der Waals surface area contributed by atoms with Crippen molar-refractivity contribution in [2.75, 3.05) is 23.4 Å². The van der Waals surface area contributed by atoms with Crippen LogP contribution < -0.4 is 19.7 Å². The second-order valence-electron chi connectivity index (χ2n) is 6.82. The summed E-state index contributed by atoms with van der Waals surface area (Å²) in [7, 11) is 0. The number of phenolic OH excluding ortho intramolecular Hbond substituents is 1. The number of fused-ring (bicyclic) bond motifs is 1. The van der Waals surface area contributed by atoms with Gasteiger partial charge in [-0.05, 0) is 56.3 Å². The van der Waals surface area contributed by atoms with Gasteiger partial charge in [-0.3, -0.25) is 9.69 Å². The largest absolute Gasteiger partial charge is 0.504 e. The molecule has 1 aliphatic rings. The predicted molar refractivity (Wildman–Crippen MR) is 117 cm³/mol. The number of rotatable bonds is 6. The number of amides is 1. The molecule has 1 heterocycles. The highest BCUT2D eigenvalue weighted by atomic mass is 16.5. The molecule has 6 heteroatoms. The first-order chi connectivity index (χ1) is 14.6. The number of ether oxygens (including phenoxy) is 2. The Kier molecular flexibility index (Phi) is 5.48. The number of carbonyl (C=O) groups excluding carboxylic acids is 1. The molecule has 2 N–H and O–H groups in total. The maximum atomic E-state index is 13.5. The maximum Gasteiger partial charge on any atom is 0.262 e. The van der Waals surface area contributed by atoms with Crippen LogP contribution in [0.4, 0.5) is 11.4 Å². The Balaban J connectivity index is 1.82. The van der Waals surface area contributed by atoms with Crippen LogP contribution in [-0.4, -0.2) is 24.2 Å². The standard InChI is InChI=1S/C24H24N2O4/c1-3-29-17-14-12-16(13-15-17)26-23(19-9-7-11-21(22(19)27)30-4-2)25-20-10-6-5-8-18(20)24(26)28/h5-15,23,25,27H,3-4H2,1-2H3/t23-/m0/s1. The van der Waals surface area contributed by atoms with Gasteiger partial charge in [-0.15, -0.1) is 0 Å². The number of benzene rings is 3. The number of phenols is 1. The van der Waals surface area contributed by atoms with Crippen molar-refractivity contribution in [3.8, 4) is 17.2 Å². The van der Waals surface area contributed by atoms with E-state index in [1.807, 2.05) is 62.4 Å². The van der Waals surface area contributed by atoms with E-state index in [1.54, 1.807) is 23.1 Å². The van der Waals surface area contributed by atoms with Crippen molar-refractivity contribution >= 4 is 17.3 Å². The minimum atomic E-state index is -0.606. The summed E-state index contributed by atoms with van der Waals surface area (Å²) in [5, 5.41) is 14.3. The van der Waals surface area contributed by atoms with E-state index in [4.69, 9.17) is 9.47 Å². The molecule has 30 heavy (non-hydrogen) atoms. The third-order valence-corrected chi connectivity index (χ3v) is 4.98. The molecule has 3 aromatic carbocycles. The van der Waals surface area contributed by atoms with Crippen molar-refractivity contribution in [1.29, 1.82) is 0 Å². The third-order valence-electron chi connectivity index (χ3n) is 4.98. The summed E-state index contributed by atoms with van der Waals surface area (Å²) in [5.74, 6) is 0.978. The molecule has 3 aromatic rings. The normalized spacial score (nSPS) is 15.3. The number of para-hydroxylation sites is 2. The molecule has 0 aliphatic carbocycles. The number of hydrogen-bond acceptors (Lipinski definition) is 5. The number of nitrogens with zero attached hydrogens (tertiary/aromatic N) is 1. The van der Waals surface area contributed by atoms with Crippen LogP contribution in [0.15, 0.2) is 66.7 Å². The molecule has 0 saturated carbocycles. The highest BCUT2D eigenvalue weighted by Crippen LogP contribution is 2.42. The van der Waals surface area contributed by atoms with Gasteiger partial charge in [-0.2, -0.15) is 0 Å². The summed E-state index contributed by atoms with van der Waals surface area (Å²) < 4.78 is 11.1. The van der Waals surface area contributed by atoms with Gasteiger partial charge in [0.05, 0.1) is 18.8 Å². The Labute approximate surface area is 175 Å². The van der Waals surface area contributed by atoms with Crippen molar-refractivity contribution in [2.24, 2.45) is 0 Å². The molecule has 1 amide bonds. The minimum Gasteiger partial charge on any atom is -0.504 e. The van der Waals surface area contributed by atoms with Crippen LogP contribution in [0, 0.1) is 0 Å². The highest BCUT2D eigenvalue weighted by Gasteiger charge is 2.35. The fraction of sp³-hybridized carbons (Fsp3) is 0.208. The van der Waals surface area contributed by atoms with E-state index in [-0.39, 0.29) is 11.7 Å². The number of hydrogen-bond donors (Lipinski definition) is 2. The molecule has 4 rings (SSSR count). The van der Waals surface area contributed by atoms with E-state index in [2.05, 4.69) is 5.32 Å². The first-order valence-electron chi connectivity index (χ1n) is 10.0. The maximum absolute atomic E-state index is 13.5. The molecule has 0 unspecified atom stereocenters. The zero-order valence-corrected chi connectivity index (χ0v) is 17.0. The predicted octanol–water partition coefficient (Wildman–Crippen LogP) is 4.96. The second-order valence-corrected chi connectivity index (χ2v) is 6.82. The SMILES string of the molecule is CCOc1ccc(N2C(=O)c3ccccc3N[C@@H]2c2cccc(OCC)c2O)cc1. The monoisotopic (exact) mass is 404 g/mol. The van der Waals surface area contributed by atoms with Crippen LogP contribution in [0.3, 0.4) is 0 Å². The van der Waals surface area contributed by atoms with Crippen LogP contribution >= 0.6 is 0 Å². The molecule has 0 radical (unpaired) electrons. The summed E-state index contributed by atoms with van der Waals surface area (Å²) >= 11 is 0. The first kappa shape index (κ1) is 19.6. The van der Waals surface area contributed by atoms with Crippen LogP contribution in [0.25, 0.3) is 0 Å². The number of anilines is 2. The summed E-state index contributed by atoms with van der Waals surface area (Å²) in [6.45, 7) is 4.78. The molecule has 1 atom stereocenters. The van der Waals surface area contributed by atoms with Gasteiger partial charge in [-0.25, -0.2) is 0 Å². The van der Waals surface area contributed by atoms with Gasteiger partial charge in [0.1, 0.15) is 11.9 Å². The first-order valence-corrected chi connectivity index (χ1v) is 10.0. The quantitative estimate of drug-likeness (QED) is 0.608. The average Bonchev–Trinajstić information content (AvgIpc) is 2.76. The fourth-order valence-corrected chi connectivity index (χ4v) is 3.64. The summed E-state index contributed by atoms with van der Waals surface area (Å²) in [6, 6.07) is 20.0. The zero-order chi connectivity index (χ0) is 21.1. The van der Waals surface area contributed by atoms with Gasteiger partial charge in [0, 0.05) is 16.9 Å². The average molecular weight is 404 g/mol. The van der Waals surface area contributed by atoms with Crippen LogP contribution in [0.5, 0.6) is 17.2 Å². The van der Waals surface area contributed by atoms with Gasteiger partial charge < -0.3 is 19.9 Å². The van der Waals surface area contributed by atoms with Crippen LogP contribution in [0.1, 0.15) is 35.9 Å². The Hall–Kier alpha value is -3.67. The summed E-state index contributed by atoms with van der Waals surface area (Å²) in [5.41, 5.74) is 2.54. The summed E-state index contributed by atoms with van der Waals surface area (Å²) in [6.07, 6.45) is -0.606. The molecular formula is C24H24N2O4. The van der Waals surface area contributed by atoms with Crippen molar-refractivity contribution in [1.82, 2.24) is 0 Å². The second kappa shape index (κ2) is 8.37. The molecule has 1 aliphatic heterocycles. The van der Waals surface area contributed by atoms with Crippen molar-refractivity contribution in [3.63, 3.8) is 0 Å². The molecule has 6 nitrogen and oxygen atoms in total. The fourth-order valence-electron chi connectivity index (χ4n) is 3.64. The lowest BCUT2D eigenvalue weighted by Gasteiger charge is -2.38. The Morgan fingerprint density at radius 2 is 1.67 bits per heavy atom. The number of aromatic hydroxyl groups is 1. The topological polar surface area (TPSA) is 71.0 Å².